The quantitative estimate of drug-likeness (QED) is 0.432. The number of carbonyl (C=O) groups is 1. The van der Waals surface area contributed by atoms with Crippen molar-refractivity contribution in [1.29, 1.82) is 0 Å². The molecule has 3 aromatic carbocycles. The number of hydrazone groups is 1. The molecular formula is C23H23N3O4S. The Bertz CT molecular complexity index is 1220. The first kappa shape index (κ1) is 22.0. The maximum Gasteiger partial charge on any atom is 0.271 e. The van der Waals surface area contributed by atoms with Gasteiger partial charge in [0.2, 0.25) is 0 Å². The number of benzene rings is 3. The number of para-hydroxylation sites is 2. The van der Waals surface area contributed by atoms with Crippen LogP contribution >= 0.6 is 0 Å². The molecule has 160 valence electrons. The molecular weight excluding hydrogens is 414 g/mol. The summed E-state index contributed by atoms with van der Waals surface area (Å²) in [5.41, 5.74) is 5.58. The van der Waals surface area contributed by atoms with Crippen LogP contribution in [-0.2, 0) is 10.0 Å². The van der Waals surface area contributed by atoms with Crippen LogP contribution in [0.3, 0.4) is 0 Å². The van der Waals surface area contributed by atoms with Crippen LogP contribution in [0, 0.1) is 6.92 Å². The van der Waals surface area contributed by atoms with Crippen molar-refractivity contribution in [3.05, 3.63) is 89.5 Å². The van der Waals surface area contributed by atoms with Crippen LogP contribution in [0.1, 0.15) is 28.4 Å². The number of methoxy groups -OCH3 is 1. The second-order valence-electron chi connectivity index (χ2n) is 6.84. The molecule has 3 rings (SSSR count). The van der Waals surface area contributed by atoms with E-state index in [0.29, 0.717) is 17.1 Å². The first-order valence-corrected chi connectivity index (χ1v) is 11.0. The number of nitrogens with one attached hydrogen (secondary N) is 2. The Balaban J connectivity index is 1.78. The third kappa shape index (κ3) is 5.49. The fourth-order valence-corrected chi connectivity index (χ4v) is 3.91. The Morgan fingerprint density at radius 1 is 0.935 bits per heavy atom. The Morgan fingerprint density at radius 3 is 2.35 bits per heavy atom. The summed E-state index contributed by atoms with van der Waals surface area (Å²) < 4.78 is 33.3. The molecule has 0 radical (unpaired) electrons. The van der Waals surface area contributed by atoms with Gasteiger partial charge in [0.05, 0.1) is 23.4 Å². The second kappa shape index (κ2) is 9.44. The molecule has 0 unspecified atom stereocenters. The third-order valence-corrected chi connectivity index (χ3v) is 5.92. The van der Waals surface area contributed by atoms with Crippen molar-refractivity contribution in [3.8, 4) is 5.75 Å². The molecule has 0 atom stereocenters. The Hall–Kier alpha value is -3.65. The van der Waals surface area contributed by atoms with E-state index >= 15 is 0 Å². The number of hydrogen-bond acceptors (Lipinski definition) is 5. The first-order valence-electron chi connectivity index (χ1n) is 9.48. The SMILES string of the molecule is COc1ccccc1NS(=O)(=O)c1cccc(C(=O)NN=C(C)c2ccc(C)cc2)c1. The predicted octanol–water partition coefficient (Wildman–Crippen LogP) is 3.96. The van der Waals surface area contributed by atoms with Gasteiger partial charge >= 0.3 is 0 Å². The highest BCUT2D eigenvalue weighted by Crippen LogP contribution is 2.26. The number of nitrogens with zero attached hydrogens (tertiary/aromatic N) is 1. The monoisotopic (exact) mass is 437 g/mol. The van der Waals surface area contributed by atoms with Crippen molar-refractivity contribution in [2.24, 2.45) is 5.10 Å². The van der Waals surface area contributed by atoms with E-state index in [2.05, 4.69) is 15.2 Å². The van der Waals surface area contributed by atoms with Crippen molar-refractivity contribution in [1.82, 2.24) is 5.43 Å². The Labute approximate surface area is 181 Å². The average molecular weight is 438 g/mol. The lowest BCUT2D eigenvalue weighted by atomic mass is 10.1. The summed E-state index contributed by atoms with van der Waals surface area (Å²) in [6, 6.07) is 20.1. The zero-order chi connectivity index (χ0) is 22.4. The van der Waals surface area contributed by atoms with Gasteiger partial charge < -0.3 is 4.74 Å². The van der Waals surface area contributed by atoms with E-state index < -0.39 is 15.9 Å². The van der Waals surface area contributed by atoms with E-state index in [1.165, 1.54) is 31.4 Å². The summed E-state index contributed by atoms with van der Waals surface area (Å²) in [6.07, 6.45) is 0. The van der Waals surface area contributed by atoms with E-state index in [1.54, 1.807) is 31.2 Å². The number of amides is 1. The molecule has 31 heavy (non-hydrogen) atoms. The van der Waals surface area contributed by atoms with Crippen LogP contribution in [-0.4, -0.2) is 27.1 Å². The highest BCUT2D eigenvalue weighted by Gasteiger charge is 2.18. The Kier molecular flexibility index (Phi) is 6.71. The molecule has 0 saturated carbocycles. The van der Waals surface area contributed by atoms with E-state index in [4.69, 9.17) is 4.74 Å². The van der Waals surface area contributed by atoms with Crippen LogP contribution < -0.4 is 14.9 Å². The standard InChI is InChI=1S/C23H23N3O4S/c1-16-11-13-18(14-12-16)17(2)24-25-23(27)19-7-6-8-20(15-19)31(28,29)26-21-9-4-5-10-22(21)30-3/h4-15,26H,1-3H3,(H,25,27). The van der Waals surface area contributed by atoms with Gasteiger partial charge in [-0.1, -0.05) is 48.0 Å². The average Bonchev–Trinajstić information content (AvgIpc) is 2.78. The van der Waals surface area contributed by atoms with Crippen molar-refractivity contribution < 1.29 is 17.9 Å². The van der Waals surface area contributed by atoms with Gasteiger partial charge in [-0.15, -0.1) is 0 Å². The fraction of sp³-hybridized carbons (Fsp3) is 0.130. The molecule has 0 aliphatic heterocycles. The van der Waals surface area contributed by atoms with Crippen molar-refractivity contribution in [2.45, 2.75) is 18.7 Å². The fourth-order valence-electron chi connectivity index (χ4n) is 2.80. The molecule has 1 amide bonds. The van der Waals surface area contributed by atoms with Gasteiger partial charge in [-0.2, -0.15) is 5.10 Å². The van der Waals surface area contributed by atoms with Gasteiger partial charge in [-0.3, -0.25) is 9.52 Å². The predicted molar refractivity (Wildman–Crippen MR) is 121 cm³/mol. The number of rotatable bonds is 7. The summed E-state index contributed by atoms with van der Waals surface area (Å²) in [6.45, 7) is 3.77. The van der Waals surface area contributed by atoms with Crippen molar-refractivity contribution in [3.63, 3.8) is 0 Å². The van der Waals surface area contributed by atoms with Gasteiger partial charge in [0.1, 0.15) is 5.75 Å². The van der Waals surface area contributed by atoms with Crippen molar-refractivity contribution >= 4 is 27.3 Å². The molecule has 0 heterocycles. The maximum absolute atomic E-state index is 12.8. The zero-order valence-corrected chi connectivity index (χ0v) is 18.2. The van der Waals surface area contributed by atoms with Crippen LogP contribution in [0.15, 0.2) is 82.8 Å². The molecule has 0 aliphatic rings. The van der Waals surface area contributed by atoms with E-state index in [-0.39, 0.29) is 10.5 Å². The smallest absolute Gasteiger partial charge is 0.271 e. The molecule has 0 aliphatic carbocycles. The lowest BCUT2D eigenvalue weighted by molar-refractivity contribution is 0.0954. The summed E-state index contributed by atoms with van der Waals surface area (Å²) in [5.74, 6) is -0.123. The van der Waals surface area contributed by atoms with Crippen LogP contribution in [0.2, 0.25) is 0 Å². The molecule has 3 aromatic rings. The number of hydrogen-bond donors (Lipinski definition) is 2. The molecule has 8 heteroatoms. The third-order valence-electron chi connectivity index (χ3n) is 4.55. The lowest BCUT2D eigenvalue weighted by Crippen LogP contribution is -2.20. The van der Waals surface area contributed by atoms with E-state index in [9.17, 15) is 13.2 Å². The highest BCUT2D eigenvalue weighted by atomic mass is 32.2. The molecule has 7 nitrogen and oxygen atoms in total. The lowest BCUT2D eigenvalue weighted by Gasteiger charge is -2.12. The summed E-state index contributed by atoms with van der Waals surface area (Å²) in [5, 5.41) is 4.12. The van der Waals surface area contributed by atoms with Crippen LogP contribution in [0.25, 0.3) is 0 Å². The minimum absolute atomic E-state index is 0.0507. The number of anilines is 1. The molecule has 0 spiro atoms. The molecule has 0 aromatic heterocycles. The second-order valence-corrected chi connectivity index (χ2v) is 8.52. The number of aryl methyl sites for hydroxylation is 1. The molecule has 2 N–H and O–H groups in total. The molecule has 0 saturated heterocycles. The van der Waals surface area contributed by atoms with Gasteiger partial charge in [-0.25, -0.2) is 13.8 Å². The summed E-state index contributed by atoms with van der Waals surface area (Å²) in [7, 11) is -2.47. The van der Waals surface area contributed by atoms with Crippen LogP contribution in [0.4, 0.5) is 5.69 Å². The van der Waals surface area contributed by atoms with E-state index in [1.807, 2.05) is 31.2 Å². The number of sulfonamides is 1. The van der Waals surface area contributed by atoms with Gasteiger partial charge in [0, 0.05) is 5.56 Å². The minimum atomic E-state index is -3.93. The highest BCUT2D eigenvalue weighted by molar-refractivity contribution is 7.92. The first-order chi connectivity index (χ1) is 14.8. The van der Waals surface area contributed by atoms with Gasteiger partial charge in [-0.05, 0) is 49.7 Å². The van der Waals surface area contributed by atoms with Crippen LogP contribution in [0.5, 0.6) is 5.75 Å². The number of ether oxygens (including phenoxy) is 1. The maximum atomic E-state index is 12.8. The topological polar surface area (TPSA) is 96.9 Å². The van der Waals surface area contributed by atoms with Gasteiger partial charge in [0.25, 0.3) is 15.9 Å². The van der Waals surface area contributed by atoms with Crippen molar-refractivity contribution in [2.75, 3.05) is 11.8 Å². The zero-order valence-electron chi connectivity index (χ0n) is 17.4. The van der Waals surface area contributed by atoms with E-state index in [0.717, 1.165) is 11.1 Å². The molecule has 0 fully saturated rings. The normalized spacial score (nSPS) is 11.6. The largest absolute Gasteiger partial charge is 0.495 e. The molecule has 0 bridgehead atoms. The van der Waals surface area contributed by atoms with Gasteiger partial charge in [0.15, 0.2) is 0 Å². The minimum Gasteiger partial charge on any atom is -0.495 e. The number of carbonyl (C=O) groups excluding carboxylic acids is 1. The summed E-state index contributed by atoms with van der Waals surface area (Å²) >= 11 is 0. The Morgan fingerprint density at radius 2 is 1.65 bits per heavy atom. The summed E-state index contributed by atoms with van der Waals surface area (Å²) in [4.78, 5) is 12.5.